The molecule has 8 heteroatoms. The van der Waals surface area contributed by atoms with Gasteiger partial charge in [0.05, 0.1) is 28.3 Å². The minimum Gasteiger partial charge on any atom is -0.484 e. The lowest BCUT2D eigenvalue weighted by Crippen LogP contribution is -1.95. The topological polar surface area (TPSA) is 111 Å². The van der Waals surface area contributed by atoms with Gasteiger partial charge in [-0.05, 0) is 43.2 Å². The van der Waals surface area contributed by atoms with Gasteiger partial charge in [-0.2, -0.15) is 5.26 Å². The van der Waals surface area contributed by atoms with Crippen molar-refractivity contribution in [1.82, 2.24) is 20.3 Å². The Bertz CT molecular complexity index is 1180. The van der Waals surface area contributed by atoms with E-state index in [1.807, 2.05) is 6.07 Å². The quantitative estimate of drug-likeness (QED) is 0.496. The molecule has 0 amide bonds. The lowest BCUT2D eigenvalue weighted by Gasteiger charge is -2.04. The van der Waals surface area contributed by atoms with Crippen LogP contribution in [-0.2, 0) is 6.61 Å². The maximum Gasteiger partial charge on any atom is 0.257 e. The van der Waals surface area contributed by atoms with Crippen molar-refractivity contribution in [3.8, 4) is 23.3 Å². The molecule has 144 valence electrons. The van der Waals surface area contributed by atoms with Gasteiger partial charge in [-0.3, -0.25) is 0 Å². The van der Waals surface area contributed by atoms with E-state index in [-0.39, 0.29) is 6.61 Å². The van der Waals surface area contributed by atoms with Gasteiger partial charge >= 0.3 is 0 Å². The molecule has 0 bridgehead atoms. The average Bonchev–Trinajstić information content (AvgIpc) is 3.52. The van der Waals surface area contributed by atoms with Crippen molar-refractivity contribution in [3.63, 3.8) is 0 Å². The fourth-order valence-electron chi connectivity index (χ4n) is 3.66. The van der Waals surface area contributed by atoms with Crippen LogP contribution in [0.3, 0.4) is 0 Å². The molecule has 4 aromatic rings. The van der Waals surface area contributed by atoms with Crippen LogP contribution in [0.15, 0.2) is 45.5 Å². The Morgan fingerprint density at radius 1 is 1.14 bits per heavy atom. The number of ether oxygens (including phenoxy) is 1. The highest BCUT2D eigenvalue weighted by Gasteiger charge is 2.24. The molecular weight excluding hydrogens is 370 g/mol. The summed E-state index contributed by atoms with van der Waals surface area (Å²) in [5, 5.41) is 22.2. The average molecular weight is 387 g/mol. The van der Waals surface area contributed by atoms with E-state index in [0.717, 1.165) is 29.5 Å². The first-order chi connectivity index (χ1) is 14.3. The van der Waals surface area contributed by atoms with E-state index >= 15 is 0 Å². The molecule has 3 heterocycles. The second kappa shape index (κ2) is 7.36. The normalized spacial score (nSPS) is 14.3. The Morgan fingerprint density at radius 3 is 2.76 bits per heavy atom. The zero-order valence-corrected chi connectivity index (χ0v) is 15.5. The van der Waals surface area contributed by atoms with Crippen molar-refractivity contribution in [2.24, 2.45) is 0 Å². The van der Waals surface area contributed by atoms with Crippen molar-refractivity contribution in [2.75, 3.05) is 0 Å². The molecule has 29 heavy (non-hydrogen) atoms. The molecule has 1 saturated carbocycles. The fraction of sp³-hybridized carbons (Fsp3) is 0.286. The van der Waals surface area contributed by atoms with E-state index in [4.69, 9.17) is 18.9 Å². The number of aromatic nitrogens is 4. The van der Waals surface area contributed by atoms with E-state index < -0.39 is 0 Å². The van der Waals surface area contributed by atoms with E-state index in [0.29, 0.717) is 34.7 Å². The summed E-state index contributed by atoms with van der Waals surface area (Å²) >= 11 is 0. The Hall–Kier alpha value is -3.73. The van der Waals surface area contributed by atoms with Crippen LogP contribution < -0.4 is 4.74 Å². The van der Waals surface area contributed by atoms with Gasteiger partial charge in [0.1, 0.15) is 5.75 Å². The molecule has 0 spiro atoms. The first-order valence-electron chi connectivity index (χ1n) is 9.51. The van der Waals surface area contributed by atoms with E-state index in [1.54, 1.807) is 30.5 Å². The standard InChI is InChI=1S/C21H17N5O3/c22-10-13-5-7-16(8-6-13)27-12-18-24-25-20(28-18)15-9-17-19(14-3-1-2-4-14)26-29-21(17)23-11-15/h5-9,11,14H,1-4,12H2. The largest absolute Gasteiger partial charge is 0.484 e. The van der Waals surface area contributed by atoms with Crippen LogP contribution in [0.4, 0.5) is 0 Å². The smallest absolute Gasteiger partial charge is 0.257 e. The third-order valence-electron chi connectivity index (χ3n) is 5.16. The predicted molar refractivity (Wildman–Crippen MR) is 102 cm³/mol. The first kappa shape index (κ1) is 17.4. The number of hydrogen-bond acceptors (Lipinski definition) is 8. The van der Waals surface area contributed by atoms with Crippen LogP contribution >= 0.6 is 0 Å². The summed E-state index contributed by atoms with van der Waals surface area (Å²) in [5.74, 6) is 1.77. The molecule has 5 rings (SSSR count). The summed E-state index contributed by atoms with van der Waals surface area (Å²) in [5.41, 5.74) is 2.79. The summed E-state index contributed by atoms with van der Waals surface area (Å²) in [6.07, 6.45) is 6.34. The molecular formula is C21H17N5O3. The van der Waals surface area contributed by atoms with Crippen molar-refractivity contribution in [1.29, 1.82) is 5.26 Å². The van der Waals surface area contributed by atoms with Crippen LogP contribution in [0, 0.1) is 11.3 Å². The minimum atomic E-state index is 0.134. The lowest BCUT2D eigenvalue weighted by atomic mass is 10.0. The zero-order chi connectivity index (χ0) is 19.6. The number of hydrogen-bond donors (Lipinski definition) is 0. The van der Waals surface area contributed by atoms with Gasteiger partial charge < -0.3 is 13.7 Å². The molecule has 1 fully saturated rings. The predicted octanol–water partition coefficient (Wildman–Crippen LogP) is 4.38. The highest BCUT2D eigenvalue weighted by atomic mass is 16.5. The maximum absolute atomic E-state index is 8.84. The number of fused-ring (bicyclic) bond motifs is 1. The molecule has 3 aromatic heterocycles. The SMILES string of the molecule is N#Cc1ccc(OCc2nnc(-c3cnc4onc(C5CCCC5)c4c3)o2)cc1. The fourth-order valence-corrected chi connectivity index (χ4v) is 3.66. The summed E-state index contributed by atoms with van der Waals surface area (Å²) in [7, 11) is 0. The Morgan fingerprint density at radius 2 is 1.97 bits per heavy atom. The lowest BCUT2D eigenvalue weighted by molar-refractivity contribution is 0.264. The number of pyridine rings is 1. The van der Waals surface area contributed by atoms with Crippen LogP contribution in [-0.4, -0.2) is 20.3 Å². The second-order valence-corrected chi connectivity index (χ2v) is 7.05. The van der Waals surface area contributed by atoms with Crippen LogP contribution in [0.25, 0.3) is 22.6 Å². The molecule has 0 saturated heterocycles. The molecule has 8 nitrogen and oxygen atoms in total. The number of rotatable bonds is 5. The third-order valence-corrected chi connectivity index (χ3v) is 5.16. The molecule has 1 aliphatic rings. The van der Waals surface area contributed by atoms with Gasteiger partial charge in [-0.1, -0.05) is 18.0 Å². The van der Waals surface area contributed by atoms with Gasteiger partial charge in [0.2, 0.25) is 5.89 Å². The van der Waals surface area contributed by atoms with Gasteiger partial charge in [0, 0.05) is 12.1 Å². The zero-order valence-electron chi connectivity index (χ0n) is 15.5. The monoisotopic (exact) mass is 387 g/mol. The maximum atomic E-state index is 8.84. The number of nitrogens with zero attached hydrogens (tertiary/aromatic N) is 5. The summed E-state index contributed by atoms with van der Waals surface area (Å²) in [6.45, 7) is 0.134. The third kappa shape index (κ3) is 3.43. The molecule has 0 unspecified atom stereocenters. The summed E-state index contributed by atoms with van der Waals surface area (Å²) in [4.78, 5) is 4.35. The minimum absolute atomic E-state index is 0.134. The highest BCUT2D eigenvalue weighted by Crippen LogP contribution is 2.37. The van der Waals surface area contributed by atoms with Gasteiger partial charge in [-0.15, -0.1) is 10.2 Å². The molecule has 0 N–H and O–H groups in total. The summed E-state index contributed by atoms with van der Waals surface area (Å²) < 4.78 is 16.8. The van der Waals surface area contributed by atoms with Crippen LogP contribution in [0.1, 0.15) is 48.7 Å². The molecule has 0 aliphatic heterocycles. The first-order valence-corrected chi connectivity index (χ1v) is 9.51. The van der Waals surface area contributed by atoms with Crippen molar-refractivity contribution < 1.29 is 13.7 Å². The van der Waals surface area contributed by atoms with E-state index in [9.17, 15) is 0 Å². The van der Waals surface area contributed by atoms with Gasteiger partial charge in [0.15, 0.2) is 6.61 Å². The van der Waals surface area contributed by atoms with Crippen molar-refractivity contribution in [3.05, 3.63) is 53.7 Å². The second-order valence-electron chi connectivity index (χ2n) is 7.05. The van der Waals surface area contributed by atoms with Crippen molar-refractivity contribution in [2.45, 2.75) is 38.2 Å². The number of nitriles is 1. The molecule has 0 radical (unpaired) electrons. The van der Waals surface area contributed by atoms with Crippen LogP contribution in [0.5, 0.6) is 5.75 Å². The Balaban J connectivity index is 1.34. The Kier molecular flexibility index (Phi) is 4.41. The van der Waals surface area contributed by atoms with Crippen molar-refractivity contribution >= 4 is 11.1 Å². The number of benzene rings is 1. The van der Waals surface area contributed by atoms with Gasteiger partial charge in [0.25, 0.3) is 11.6 Å². The molecule has 0 atom stereocenters. The van der Waals surface area contributed by atoms with Crippen LogP contribution in [0.2, 0.25) is 0 Å². The molecule has 1 aromatic carbocycles. The Labute approximate surface area is 166 Å². The van der Waals surface area contributed by atoms with E-state index in [2.05, 4.69) is 26.4 Å². The van der Waals surface area contributed by atoms with Gasteiger partial charge in [-0.25, -0.2) is 4.98 Å². The summed E-state index contributed by atoms with van der Waals surface area (Å²) in [6, 6.07) is 10.9. The highest BCUT2D eigenvalue weighted by molar-refractivity contribution is 5.80. The molecule has 1 aliphatic carbocycles. The van der Waals surface area contributed by atoms with E-state index in [1.165, 1.54) is 12.8 Å².